The topological polar surface area (TPSA) is 111 Å². The summed E-state index contributed by atoms with van der Waals surface area (Å²) in [6.07, 6.45) is -3.80. The standard InChI is InChI=1S/C27H33ClF3N7O3/c1-39-10-9-38-14-17(40-2)11-16(38)15-41-26-34-22-13-18(24-20(27(29,30)31)3-4-23(32)35-24)21(28)12-19(22)25(36-26)37-7-5-33-6-8-37/h3-4,12-13,16-17,33H,5-11,14-15H2,1-2H3,(H2,32,35)/t16-,17+/m0/s1. The first-order valence-electron chi connectivity index (χ1n) is 13.4. The van der Waals surface area contributed by atoms with Crippen LogP contribution in [0.5, 0.6) is 6.01 Å². The average molecular weight is 596 g/mol. The minimum Gasteiger partial charge on any atom is -0.462 e. The summed E-state index contributed by atoms with van der Waals surface area (Å²) >= 11 is 6.60. The molecule has 14 heteroatoms. The molecule has 2 saturated heterocycles. The Morgan fingerprint density at radius 1 is 1.12 bits per heavy atom. The second-order valence-electron chi connectivity index (χ2n) is 10.1. The Hall–Kier alpha value is -2.97. The van der Waals surface area contributed by atoms with E-state index >= 15 is 0 Å². The highest BCUT2D eigenvalue weighted by atomic mass is 35.5. The molecule has 0 radical (unpaired) electrons. The molecule has 0 spiro atoms. The zero-order valence-corrected chi connectivity index (χ0v) is 23.6. The number of rotatable bonds is 9. The van der Waals surface area contributed by atoms with Crippen molar-refractivity contribution >= 4 is 34.1 Å². The van der Waals surface area contributed by atoms with E-state index in [0.29, 0.717) is 43.0 Å². The highest BCUT2D eigenvalue weighted by molar-refractivity contribution is 6.34. The van der Waals surface area contributed by atoms with Gasteiger partial charge in [-0.05, 0) is 30.7 Å². The maximum atomic E-state index is 13.9. The quantitative estimate of drug-likeness (QED) is 0.381. The molecular weight excluding hydrogens is 563 g/mol. The Kier molecular flexibility index (Phi) is 9.00. The number of halogens is 4. The molecule has 0 unspecified atom stereocenters. The van der Waals surface area contributed by atoms with E-state index in [9.17, 15) is 13.2 Å². The van der Waals surface area contributed by atoms with Gasteiger partial charge in [0.15, 0.2) is 0 Å². The van der Waals surface area contributed by atoms with Crippen LogP contribution >= 0.6 is 11.6 Å². The molecule has 4 heterocycles. The van der Waals surface area contributed by atoms with Crippen molar-refractivity contribution in [2.45, 2.75) is 24.7 Å². The number of methoxy groups -OCH3 is 2. The van der Waals surface area contributed by atoms with E-state index in [0.717, 1.165) is 44.7 Å². The van der Waals surface area contributed by atoms with E-state index in [2.05, 4.69) is 25.1 Å². The lowest BCUT2D eigenvalue weighted by Crippen LogP contribution is -2.44. The van der Waals surface area contributed by atoms with Gasteiger partial charge < -0.3 is 30.2 Å². The van der Waals surface area contributed by atoms with Gasteiger partial charge in [-0.15, -0.1) is 0 Å². The molecule has 2 aromatic heterocycles. The summed E-state index contributed by atoms with van der Waals surface area (Å²) in [6.45, 7) is 5.25. The summed E-state index contributed by atoms with van der Waals surface area (Å²) in [6, 6.07) is 5.29. The fourth-order valence-electron chi connectivity index (χ4n) is 5.32. The lowest BCUT2D eigenvalue weighted by molar-refractivity contribution is -0.137. The SMILES string of the molecule is COCCN1C[C@H](OC)C[C@H]1COc1nc(N2CCNCC2)c2cc(Cl)c(-c3nc(N)ccc3C(F)(F)F)cc2n1. The fraction of sp³-hybridized carbons (Fsp3) is 0.519. The number of hydrogen-bond donors (Lipinski definition) is 2. The first-order valence-corrected chi connectivity index (χ1v) is 13.8. The Balaban J connectivity index is 1.54. The van der Waals surface area contributed by atoms with Crippen molar-refractivity contribution < 1.29 is 27.4 Å². The van der Waals surface area contributed by atoms with Crippen LogP contribution in [0.3, 0.4) is 0 Å². The van der Waals surface area contributed by atoms with Crippen LogP contribution in [0.1, 0.15) is 12.0 Å². The third-order valence-electron chi connectivity index (χ3n) is 7.45. The van der Waals surface area contributed by atoms with Gasteiger partial charge in [-0.25, -0.2) is 4.98 Å². The van der Waals surface area contributed by atoms with Crippen LogP contribution in [-0.2, 0) is 15.7 Å². The van der Waals surface area contributed by atoms with Crippen LogP contribution in [0.25, 0.3) is 22.2 Å². The molecule has 5 rings (SSSR count). The molecule has 0 saturated carbocycles. The molecule has 2 atom stereocenters. The number of benzene rings is 1. The number of aromatic nitrogens is 3. The Bertz CT molecular complexity index is 1370. The van der Waals surface area contributed by atoms with Crippen molar-refractivity contribution in [2.24, 2.45) is 0 Å². The normalized spacial score (nSPS) is 20.2. The molecular formula is C27H33ClF3N7O3. The Labute approximate surface area is 240 Å². The highest BCUT2D eigenvalue weighted by Gasteiger charge is 2.36. The number of fused-ring (bicyclic) bond motifs is 1. The van der Waals surface area contributed by atoms with Crippen LogP contribution < -0.4 is 20.7 Å². The van der Waals surface area contributed by atoms with Crippen LogP contribution in [0.4, 0.5) is 24.8 Å². The van der Waals surface area contributed by atoms with Gasteiger partial charge in [0, 0.05) is 70.5 Å². The smallest absolute Gasteiger partial charge is 0.418 e. The van der Waals surface area contributed by atoms with Crippen LogP contribution in [0, 0.1) is 0 Å². The number of likely N-dealkylation sites (tertiary alicyclic amines) is 1. The van der Waals surface area contributed by atoms with Crippen molar-refractivity contribution in [1.29, 1.82) is 0 Å². The van der Waals surface area contributed by atoms with E-state index in [1.807, 2.05) is 0 Å². The number of ether oxygens (including phenoxy) is 3. The number of nitrogens with two attached hydrogens (primary N) is 1. The molecule has 10 nitrogen and oxygen atoms in total. The maximum absolute atomic E-state index is 13.9. The predicted octanol–water partition coefficient (Wildman–Crippen LogP) is 3.47. The summed E-state index contributed by atoms with van der Waals surface area (Å²) in [5.74, 6) is 0.551. The minimum absolute atomic E-state index is 0.0543. The van der Waals surface area contributed by atoms with Crippen molar-refractivity contribution in [3.8, 4) is 17.3 Å². The number of nitrogens with one attached hydrogen (secondary N) is 1. The minimum atomic E-state index is -4.66. The molecule has 0 aliphatic carbocycles. The van der Waals surface area contributed by atoms with Crippen molar-refractivity contribution in [3.05, 3.63) is 34.9 Å². The number of hydrogen-bond acceptors (Lipinski definition) is 10. The van der Waals surface area contributed by atoms with Gasteiger partial charge in [-0.1, -0.05) is 11.6 Å². The Morgan fingerprint density at radius 3 is 2.61 bits per heavy atom. The van der Waals surface area contributed by atoms with Gasteiger partial charge in [0.25, 0.3) is 0 Å². The van der Waals surface area contributed by atoms with E-state index in [-0.39, 0.29) is 40.3 Å². The van der Waals surface area contributed by atoms with E-state index in [1.165, 1.54) is 6.07 Å². The molecule has 0 bridgehead atoms. The number of nitrogens with zero attached hydrogens (tertiary/aromatic N) is 5. The van der Waals surface area contributed by atoms with E-state index in [1.54, 1.807) is 20.3 Å². The van der Waals surface area contributed by atoms with Crippen LogP contribution in [0.2, 0.25) is 5.02 Å². The van der Waals surface area contributed by atoms with Crippen LogP contribution in [0.15, 0.2) is 24.3 Å². The Morgan fingerprint density at radius 2 is 1.90 bits per heavy atom. The van der Waals surface area contributed by atoms with Gasteiger partial charge >= 0.3 is 12.2 Å². The van der Waals surface area contributed by atoms with Gasteiger partial charge in [0.1, 0.15) is 18.2 Å². The zero-order valence-electron chi connectivity index (χ0n) is 22.9. The number of anilines is 2. The summed E-state index contributed by atoms with van der Waals surface area (Å²) in [5.41, 5.74) is 4.93. The van der Waals surface area contributed by atoms with Gasteiger partial charge in [-0.2, -0.15) is 23.1 Å². The lowest BCUT2D eigenvalue weighted by atomic mass is 10.0. The number of alkyl halides is 3. The second kappa shape index (κ2) is 12.5. The van der Waals surface area contributed by atoms with E-state index < -0.39 is 11.7 Å². The molecule has 1 aromatic carbocycles. The molecule has 3 aromatic rings. The molecule has 0 amide bonds. The number of piperazine rings is 1. The highest BCUT2D eigenvalue weighted by Crippen LogP contribution is 2.41. The molecule has 2 aliphatic heterocycles. The number of pyridine rings is 1. The zero-order chi connectivity index (χ0) is 29.1. The molecule has 41 heavy (non-hydrogen) atoms. The summed E-state index contributed by atoms with van der Waals surface area (Å²) in [4.78, 5) is 17.7. The summed E-state index contributed by atoms with van der Waals surface area (Å²) in [7, 11) is 3.35. The third kappa shape index (κ3) is 6.59. The maximum Gasteiger partial charge on any atom is 0.418 e. The molecule has 222 valence electrons. The molecule has 2 fully saturated rings. The molecule has 3 N–H and O–H groups in total. The monoisotopic (exact) mass is 595 g/mol. The molecule has 2 aliphatic rings. The van der Waals surface area contributed by atoms with Crippen molar-refractivity contribution in [3.63, 3.8) is 0 Å². The van der Waals surface area contributed by atoms with Crippen molar-refractivity contribution in [2.75, 3.05) is 77.3 Å². The average Bonchev–Trinajstić information content (AvgIpc) is 3.36. The van der Waals surface area contributed by atoms with Crippen LogP contribution in [-0.4, -0.2) is 98.7 Å². The summed E-state index contributed by atoms with van der Waals surface area (Å²) in [5, 5.41) is 4.00. The van der Waals surface area contributed by atoms with Gasteiger partial charge in [-0.3, -0.25) is 4.90 Å². The summed E-state index contributed by atoms with van der Waals surface area (Å²) < 4.78 is 58.7. The second-order valence-corrected chi connectivity index (χ2v) is 10.5. The lowest BCUT2D eigenvalue weighted by Gasteiger charge is -2.29. The predicted molar refractivity (Wildman–Crippen MR) is 150 cm³/mol. The van der Waals surface area contributed by atoms with Gasteiger partial charge in [0.05, 0.1) is 34.5 Å². The van der Waals surface area contributed by atoms with Crippen molar-refractivity contribution in [1.82, 2.24) is 25.2 Å². The number of nitrogen functional groups attached to an aromatic ring is 1. The first-order chi connectivity index (χ1) is 19.7. The van der Waals surface area contributed by atoms with Gasteiger partial charge in [0.2, 0.25) is 0 Å². The third-order valence-corrected chi connectivity index (χ3v) is 7.76. The van der Waals surface area contributed by atoms with E-state index in [4.69, 9.17) is 36.5 Å². The largest absolute Gasteiger partial charge is 0.462 e. The first kappa shape index (κ1) is 29.5. The fourth-order valence-corrected chi connectivity index (χ4v) is 5.57.